The molecule has 0 bridgehead atoms. The minimum Gasteiger partial charge on any atom is -0.462 e. The van der Waals surface area contributed by atoms with Crippen molar-refractivity contribution in [1.29, 1.82) is 0 Å². The highest BCUT2D eigenvalue weighted by atomic mass is 35.5. The summed E-state index contributed by atoms with van der Waals surface area (Å²) in [5.74, 6) is -0.903. The van der Waals surface area contributed by atoms with E-state index < -0.39 is 25.2 Å². The van der Waals surface area contributed by atoms with Crippen molar-refractivity contribution >= 4 is 23.3 Å². The topological polar surface area (TPSA) is 52.3 Å². The molecule has 0 saturated heterocycles. The Morgan fingerprint density at radius 3 is 2.59 bits per heavy atom. The first-order valence-electron chi connectivity index (χ1n) is 4.58. The van der Waals surface area contributed by atoms with E-state index in [4.69, 9.17) is 17.3 Å². The molecule has 0 aliphatic rings. The average molecular weight is 268 g/mol. The van der Waals surface area contributed by atoms with Gasteiger partial charge in [-0.25, -0.2) is 4.79 Å². The summed E-state index contributed by atoms with van der Waals surface area (Å²) >= 11 is 5.69. The van der Waals surface area contributed by atoms with Crippen LogP contribution in [0.1, 0.15) is 16.8 Å². The molecule has 0 radical (unpaired) electrons. The number of benzene rings is 1. The van der Waals surface area contributed by atoms with E-state index in [9.17, 15) is 18.0 Å². The smallest absolute Gasteiger partial charge is 0.392 e. The van der Waals surface area contributed by atoms with Crippen LogP contribution in [0.4, 0.5) is 18.9 Å². The first kappa shape index (κ1) is 13.6. The Labute approximate surface area is 100 Å². The van der Waals surface area contributed by atoms with Crippen molar-refractivity contribution in [3.8, 4) is 0 Å². The zero-order valence-corrected chi connectivity index (χ0v) is 9.31. The van der Waals surface area contributed by atoms with E-state index in [-0.39, 0.29) is 10.6 Å². The fourth-order valence-corrected chi connectivity index (χ4v) is 1.30. The molecule has 1 rings (SSSR count). The van der Waals surface area contributed by atoms with E-state index in [0.717, 1.165) is 0 Å². The van der Waals surface area contributed by atoms with Crippen molar-refractivity contribution in [2.24, 2.45) is 0 Å². The molecule has 2 N–H and O–H groups in total. The zero-order chi connectivity index (χ0) is 13.1. The van der Waals surface area contributed by atoms with Gasteiger partial charge in [-0.3, -0.25) is 0 Å². The maximum absolute atomic E-state index is 11.8. The quantitative estimate of drug-likeness (QED) is 0.676. The van der Waals surface area contributed by atoms with Crippen LogP contribution in [0.15, 0.2) is 18.2 Å². The summed E-state index contributed by atoms with van der Waals surface area (Å²) in [7, 11) is 0. The van der Waals surface area contributed by atoms with Gasteiger partial charge in [-0.15, -0.1) is 0 Å². The van der Waals surface area contributed by atoms with E-state index in [1.165, 1.54) is 18.2 Å². The number of alkyl halides is 3. The Bertz CT molecular complexity index is 421. The lowest BCUT2D eigenvalue weighted by Gasteiger charge is -2.08. The first-order valence-corrected chi connectivity index (χ1v) is 4.96. The first-order chi connectivity index (χ1) is 7.79. The number of ether oxygens (including phenoxy) is 1. The van der Waals surface area contributed by atoms with Crippen LogP contribution in [-0.4, -0.2) is 18.8 Å². The van der Waals surface area contributed by atoms with Crippen molar-refractivity contribution in [3.05, 3.63) is 28.8 Å². The van der Waals surface area contributed by atoms with Crippen LogP contribution in [0.2, 0.25) is 5.02 Å². The number of hydrogen-bond donors (Lipinski definition) is 1. The molecule has 0 aliphatic carbocycles. The van der Waals surface area contributed by atoms with Gasteiger partial charge in [0.2, 0.25) is 0 Å². The number of nitrogens with two attached hydrogens (primary N) is 1. The summed E-state index contributed by atoms with van der Waals surface area (Å²) in [6.07, 6.45) is -5.55. The molecule has 7 heteroatoms. The molecule has 1 aromatic rings. The predicted octanol–water partition coefficient (Wildman–Crippen LogP) is 3.03. The number of rotatable bonds is 3. The lowest BCUT2D eigenvalue weighted by molar-refractivity contribution is -0.141. The maximum Gasteiger partial charge on any atom is 0.392 e. The van der Waals surface area contributed by atoms with Gasteiger partial charge in [0.25, 0.3) is 0 Å². The Hall–Kier alpha value is -1.43. The fraction of sp³-hybridized carbons (Fsp3) is 0.300. The van der Waals surface area contributed by atoms with Crippen molar-refractivity contribution in [1.82, 2.24) is 0 Å². The maximum atomic E-state index is 11.8. The second-order valence-corrected chi connectivity index (χ2v) is 3.65. The molecule has 0 atom stereocenters. The molecule has 94 valence electrons. The average Bonchev–Trinajstić information content (AvgIpc) is 2.15. The largest absolute Gasteiger partial charge is 0.462 e. The second-order valence-electron chi connectivity index (χ2n) is 3.24. The van der Waals surface area contributed by atoms with E-state index in [1.54, 1.807) is 0 Å². The summed E-state index contributed by atoms with van der Waals surface area (Å²) in [4.78, 5) is 11.3. The summed E-state index contributed by atoms with van der Waals surface area (Å²) in [6.45, 7) is -0.733. The van der Waals surface area contributed by atoms with E-state index >= 15 is 0 Å². The van der Waals surface area contributed by atoms with Gasteiger partial charge in [-0.05, 0) is 18.2 Å². The molecule has 0 aromatic heterocycles. The monoisotopic (exact) mass is 267 g/mol. The van der Waals surface area contributed by atoms with Crippen LogP contribution < -0.4 is 5.73 Å². The zero-order valence-electron chi connectivity index (χ0n) is 8.55. The van der Waals surface area contributed by atoms with Gasteiger partial charge in [0.1, 0.15) is 6.61 Å². The van der Waals surface area contributed by atoms with E-state index in [0.29, 0.717) is 5.69 Å². The Morgan fingerprint density at radius 1 is 1.41 bits per heavy atom. The highest BCUT2D eigenvalue weighted by Gasteiger charge is 2.27. The minimum atomic E-state index is -4.36. The lowest BCUT2D eigenvalue weighted by Crippen LogP contribution is -2.15. The summed E-state index contributed by atoms with van der Waals surface area (Å²) in [6, 6.07) is 4.03. The Kier molecular flexibility index (Phi) is 4.22. The van der Waals surface area contributed by atoms with Crippen LogP contribution in [0, 0.1) is 0 Å². The summed E-state index contributed by atoms with van der Waals surface area (Å²) in [5.41, 5.74) is 5.74. The van der Waals surface area contributed by atoms with Gasteiger partial charge in [0.05, 0.1) is 17.0 Å². The molecule has 3 nitrogen and oxygen atoms in total. The molecule has 0 unspecified atom stereocenters. The number of hydrogen-bond acceptors (Lipinski definition) is 3. The SMILES string of the molecule is Nc1ccc(C(=O)OCCC(F)(F)F)c(Cl)c1. The third-order valence-corrected chi connectivity index (χ3v) is 2.14. The molecule has 0 heterocycles. The van der Waals surface area contributed by atoms with Crippen LogP contribution in [0.5, 0.6) is 0 Å². The number of carbonyl (C=O) groups excluding carboxylic acids is 1. The molecule has 0 saturated carbocycles. The van der Waals surface area contributed by atoms with E-state index in [2.05, 4.69) is 4.74 Å². The van der Waals surface area contributed by atoms with Gasteiger partial charge in [-0.1, -0.05) is 11.6 Å². The summed E-state index contributed by atoms with van der Waals surface area (Å²) in [5, 5.41) is 0.0435. The molecule has 1 aromatic carbocycles. The highest BCUT2D eigenvalue weighted by Crippen LogP contribution is 2.22. The van der Waals surface area contributed by atoms with Crippen LogP contribution in [0.3, 0.4) is 0 Å². The highest BCUT2D eigenvalue weighted by molar-refractivity contribution is 6.33. The van der Waals surface area contributed by atoms with Gasteiger partial charge in [0, 0.05) is 5.69 Å². The van der Waals surface area contributed by atoms with Crippen LogP contribution in [0.25, 0.3) is 0 Å². The third-order valence-electron chi connectivity index (χ3n) is 1.83. The normalized spacial score (nSPS) is 11.3. The second kappa shape index (κ2) is 5.27. The van der Waals surface area contributed by atoms with Crippen LogP contribution in [-0.2, 0) is 4.74 Å². The van der Waals surface area contributed by atoms with Crippen molar-refractivity contribution in [2.45, 2.75) is 12.6 Å². The van der Waals surface area contributed by atoms with Gasteiger partial charge < -0.3 is 10.5 Å². The predicted molar refractivity (Wildman–Crippen MR) is 56.8 cm³/mol. The van der Waals surface area contributed by atoms with Crippen molar-refractivity contribution in [2.75, 3.05) is 12.3 Å². The van der Waals surface area contributed by atoms with E-state index in [1.807, 2.05) is 0 Å². The minimum absolute atomic E-state index is 0.0111. The number of anilines is 1. The lowest BCUT2D eigenvalue weighted by atomic mass is 10.2. The fourth-order valence-electron chi connectivity index (χ4n) is 1.03. The number of carbonyl (C=O) groups is 1. The van der Waals surface area contributed by atoms with Gasteiger partial charge >= 0.3 is 12.1 Å². The summed E-state index contributed by atoms with van der Waals surface area (Å²) < 4.78 is 39.9. The molecular formula is C10H9ClF3NO2. The Balaban J connectivity index is 2.59. The van der Waals surface area contributed by atoms with Crippen molar-refractivity contribution < 1.29 is 22.7 Å². The van der Waals surface area contributed by atoms with Gasteiger partial charge in [-0.2, -0.15) is 13.2 Å². The molecule has 0 spiro atoms. The van der Waals surface area contributed by atoms with Crippen molar-refractivity contribution in [3.63, 3.8) is 0 Å². The van der Waals surface area contributed by atoms with Gasteiger partial charge in [0.15, 0.2) is 0 Å². The standard InChI is InChI=1S/C10H9ClF3NO2/c11-8-5-6(15)1-2-7(8)9(16)17-4-3-10(12,13)14/h1-2,5H,3-4,15H2. The number of esters is 1. The van der Waals surface area contributed by atoms with Crippen LogP contribution >= 0.6 is 11.6 Å². The molecule has 0 aliphatic heterocycles. The molecular weight excluding hydrogens is 259 g/mol. The molecule has 17 heavy (non-hydrogen) atoms. The number of nitrogen functional groups attached to an aromatic ring is 1. The Morgan fingerprint density at radius 2 is 2.06 bits per heavy atom. The molecule has 0 fully saturated rings. The third kappa shape index (κ3) is 4.52. The molecule has 0 amide bonds. The number of halogens is 4.